The van der Waals surface area contributed by atoms with Crippen LogP contribution in [0.3, 0.4) is 0 Å². The van der Waals surface area contributed by atoms with Crippen molar-refractivity contribution in [3.05, 3.63) is 29.3 Å². The van der Waals surface area contributed by atoms with Crippen LogP contribution in [0, 0.1) is 0 Å². The van der Waals surface area contributed by atoms with Crippen molar-refractivity contribution in [1.82, 2.24) is 5.32 Å². The Balaban J connectivity index is 2.03. The molecule has 0 spiro atoms. The summed E-state index contributed by atoms with van der Waals surface area (Å²) < 4.78 is 10.4. The number of carbonyl (C=O) groups excluding carboxylic acids is 1. The molecule has 1 aromatic rings. The zero-order valence-corrected chi connectivity index (χ0v) is 11.9. The minimum atomic E-state index is 0.0517. The Kier molecular flexibility index (Phi) is 8.02. The molecule has 1 rings (SSSR count). The van der Waals surface area contributed by atoms with Crippen LogP contribution in [-0.2, 0) is 9.53 Å². The van der Waals surface area contributed by atoms with Crippen LogP contribution >= 0.6 is 11.6 Å². The zero-order valence-electron chi connectivity index (χ0n) is 11.2. The number of rotatable bonds is 9. The Labute approximate surface area is 119 Å². The third-order valence-electron chi connectivity index (χ3n) is 2.48. The molecule has 1 aromatic carbocycles. The summed E-state index contributed by atoms with van der Waals surface area (Å²) in [6, 6.07) is 7.18. The molecule has 0 fully saturated rings. The summed E-state index contributed by atoms with van der Waals surface area (Å²) in [7, 11) is 1.65. The summed E-state index contributed by atoms with van der Waals surface area (Å²) in [5.74, 6) is 0.820. The third-order valence-corrected chi connectivity index (χ3v) is 2.73. The van der Waals surface area contributed by atoms with Gasteiger partial charge in [0, 0.05) is 31.7 Å². The topological polar surface area (TPSA) is 47.6 Å². The quantitative estimate of drug-likeness (QED) is 0.710. The number of hydrogen-bond acceptors (Lipinski definition) is 3. The Morgan fingerprint density at radius 2 is 1.95 bits per heavy atom. The number of hydrogen-bond donors (Lipinski definition) is 1. The predicted octanol–water partition coefficient (Wildman–Crippen LogP) is 2.65. The molecule has 0 heterocycles. The third kappa shape index (κ3) is 7.70. The van der Waals surface area contributed by atoms with E-state index >= 15 is 0 Å². The minimum absolute atomic E-state index is 0.0517. The van der Waals surface area contributed by atoms with Gasteiger partial charge in [-0.3, -0.25) is 4.79 Å². The second-order valence-corrected chi connectivity index (χ2v) is 4.54. The summed E-state index contributed by atoms with van der Waals surface area (Å²) >= 11 is 5.77. The molecule has 0 aliphatic rings. The van der Waals surface area contributed by atoms with Gasteiger partial charge in [-0.1, -0.05) is 11.6 Å². The monoisotopic (exact) mass is 285 g/mol. The lowest BCUT2D eigenvalue weighted by Gasteiger charge is -2.07. The van der Waals surface area contributed by atoms with Gasteiger partial charge >= 0.3 is 0 Å². The van der Waals surface area contributed by atoms with Crippen molar-refractivity contribution in [1.29, 1.82) is 0 Å². The van der Waals surface area contributed by atoms with Crippen LogP contribution in [-0.4, -0.2) is 32.8 Å². The first kappa shape index (κ1) is 15.8. The van der Waals surface area contributed by atoms with E-state index in [0.717, 1.165) is 12.2 Å². The average Bonchev–Trinajstić information content (AvgIpc) is 2.42. The fourth-order valence-corrected chi connectivity index (χ4v) is 1.61. The van der Waals surface area contributed by atoms with Gasteiger partial charge in [-0.05, 0) is 37.1 Å². The van der Waals surface area contributed by atoms with E-state index in [0.29, 0.717) is 37.6 Å². The van der Waals surface area contributed by atoms with Crippen molar-refractivity contribution in [3.63, 3.8) is 0 Å². The first-order chi connectivity index (χ1) is 9.22. The number of ether oxygens (including phenoxy) is 2. The zero-order chi connectivity index (χ0) is 13.9. The molecule has 1 N–H and O–H groups in total. The molecule has 0 bridgehead atoms. The summed E-state index contributed by atoms with van der Waals surface area (Å²) in [4.78, 5) is 11.4. The van der Waals surface area contributed by atoms with Crippen molar-refractivity contribution in [2.45, 2.75) is 19.3 Å². The Morgan fingerprint density at radius 1 is 1.21 bits per heavy atom. The Hall–Kier alpha value is -1.26. The average molecular weight is 286 g/mol. The highest BCUT2D eigenvalue weighted by Gasteiger charge is 2.01. The highest BCUT2D eigenvalue weighted by molar-refractivity contribution is 6.30. The molecule has 0 saturated carbocycles. The lowest BCUT2D eigenvalue weighted by molar-refractivity contribution is -0.121. The van der Waals surface area contributed by atoms with Crippen molar-refractivity contribution in [3.8, 4) is 5.75 Å². The number of halogens is 1. The summed E-state index contributed by atoms with van der Waals surface area (Å²) in [5.41, 5.74) is 0. The van der Waals surface area contributed by atoms with E-state index in [-0.39, 0.29) is 5.91 Å². The van der Waals surface area contributed by atoms with E-state index in [4.69, 9.17) is 21.1 Å². The molecular formula is C14H20ClNO3. The fourth-order valence-electron chi connectivity index (χ4n) is 1.49. The van der Waals surface area contributed by atoms with Gasteiger partial charge < -0.3 is 14.8 Å². The molecule has 0 atom stereocenters. The van der Waals surface area contributed by atoms with Crippen LogP contribution in [0.25, 0.3) is 0 Å². The van der Waals surface area contributed by atoms with Crippen LogP contribution in [0.4, 0.5) is 0 Å². The minimum Gasteiger partial charge on any atom is -0.494 e. The smallest absolute Gasteiger partial charge is 0.220 e. The van der Waals surface area contributed by atoms with Crippen molar-refractivity contribution >= 4 is 17.5 Å². The molecular weight excluding hydrogens is 266 g/mol. The summed E-state index contributed by atoms with van der Waals surface area (Å²) in [5, 5.41) is 3.51. The molecule has 106 valence electrons. The second-order valence-electron chi connectivity index (χ2n) is 4.10. The molecule has 0 aliphatic carbocycles. The number of benzene rings is 1. The van der Waals surface area contributed by atoms with Gasteiger partial charge in [-0.15, -0.1) is 0 Å². The van der Waals surface area contributed by atoms with E-state index < -0.39 is 0 Å². The lowest BCUT2D eigenvalue weighted by Crippen LogP contribution is -2.25. The SMILES string of the molecule is COCCCNC(=O)CCCOc1ccc(Cl)cc1. The van der Waals surface area contributed by atoms with Gasteiger partial charge in [0.1, 0.15) is 5.75 Å². The highest BCUT2D eigenvalue weighted by Crippen LogP contribution is 2.15. The number of nitrogens with one attached hydrogen (secondary N) is 1. The van der Waals surface area contributed by atoms with Crippen LogP contribution in [0.5, 0.6) is 5.75 Å². The van der Waals surface area contributed by atoms with Crippen molar-refractivity contribution in [2.75, 3.05) is 26.9 Å². The van der Waals surface area contributed by atoms with Crippen LogP contribution < -0.4 is 10.1 Å². The highest BCUT2D eigenvalue weighted by atomic mass is 35.5. The molecule has 0 saturated heterocycles. The van der Waals surface area contributed by atoms with Gasteiger partial charge in [0.05, 0.1) is 6.61 Å². The molecule has 4 nitrogen and oxygen atoms in total. The summed E-state index contributed by atoms with van der Waals surface area (Å²) in [6.07, 6.45) is 2.00. The molecule has 1 amide bonds. The van der Waals surface area contributed by atoms with Crippen molar-refractivity contribution < 1.29 is 14.3 Å². The molecule has 0 unspecified atom stereocenters. The molecule has 0 aromatic heterocycles. The van der Waals surface area contributed by atoms with E-state index in [1.807, 2.05) is 12.1 Å². The normalized spacial score (nSPS) is 10.2. The number of amides is 1. The van der Waals surface area contributed by atoms with Gasteiger partial charge in [0.15, 0.2) is 0 Å². The van der Waals surface area contributed by atoms with Gasteiger partial charge in [0.25, 0.3) is 0 Å². The molecule has 5 heteroatoms. The first-order valence-electron chi connectivity index (χ1n) is 6.36. The Bertz CT molecular complexity index is 367. The van der Waals surface area contributed by atoms with E-state index in [1.54, 1.807) is 19.2 Å². The van der Waals surface area contributed by atoms with Gasteiger partial charge in [0.2, 0.25) is 5.91 Å². The number of carbonyl (C=O) groups is 1. The maximum absolute atomic E-state index is 11.4. The van der Waals surface area contributed by atoms with Crippen LogP contribution in [0.15, 0.2) is 24.3 Å². The summed E-state index contributed by atoms with van der Waals surface area (Å²) in [6.45, 7) is 1.85. The van der Waals surface area contributed by atoms with Gasteiger partial charge in [-0.25, -0.2) is 0 Å². The second kappa shape index (κ2) is 9.64. The van der Waals surface area contributed by atoms with Crippen LogP contribution in [0.1, 0.15) is 19.3 Å². The van der Waals surface area contributed by atoms with E-state index in [1.165, 1.54) is 0 Å². The maximum atomic E-state index is 11.4. The lowest BCUT2D eigenvalue weighted by atomic mass is 10.3. The van der Waals surface area contributed by atoms with Gasteiger partial charge in [-0.2, -0.15) is 0 Å². The predicted molar refractivity (Wildman–Crippen MR) is 75.7 cm³/mol. The van der Waals surface area contributed by atoms with E-state index in [9.17, 15) is 4.79 Å². The van der Waals surface area contributed by atoms with E-state index in [2.05, 4.69) is 5.32 Å². The Morgan fingerprint density at radius 3 is 2.63 bits per heavy atom. The standard InChI is InChI=1S/C14H20ClNO3/c1-18-10-3-9-16-14(17)4-2-11-19-13-7-5-12(15)6-8-13/h5-8H,2-4,9-11H2,1H3,(H,16,17). The largest absolute Gasteiger partial charge is 0.494 e. The molecule has 0 radical (unpaired) electrons. The fraction of sp³-hybridized carbons (Fsp3) is 0.500. The maximum Gasteiger partial charge on any atom is 0.220 e. The van der Waals surface area contributed by atoms with Crippen molar-refractivity contribution in [2.24, 2.45) is 0 Å². The number of methoxy groups -OCH3 is 1. The van der Waals surface area contributed by atoms with Crippen LogP contribution in [0.2, 0.25) is 5.02 Å². The molecule has 0 aliphatic heterocycles. The first-order valence-corrected chi connectivity index (χ1v) is 6.74. The molecule has 19 heavy (non-hydrogen) atoms.